The van der Waals surface area contributed by atoms with Crippen LogP contribution in [-0.4, -0.2) is 27.5 Å². The van der Waals surface area contributed by atoms with Crippen LogP contribution in [0.3, 0.4) is 0 Å². The highest BCUT2D eigenvalue weighted by Gasteiger charge is 2.26. The Morgan fingerprint density at radius 1 is 1.40 bits per heavy atom. The number of nitrogens with zero attached hydrogens (tertiary/aromatic N) is 2. The summed E-state index contributed by atoms with van der Waals surface area (Å²) in [6.07, 6.45) is 4.28. The molecule has 6 heteroatoms. The molecule has 0 radical (unpaired) electrons. The predicted octanol–water partition coefficient (Wildman–Crippen LogP) is 1.77. The smallest absolute Gasteiger partial charge is 0.271 e. The first-order chi connectivity index (χ1) is 9.50. The first kappa shape index (κ1) is 14.4. The van der Waals surface area contributed by atoms with Crippen molar-refractivity contribution in [2.75, 3.05) is 6.54 Å². The number of nitrogens with one attached hydrogen (secondary N) is 1. The second-order valence-electron chi connectivity index (χ2n) is 4.53. The number of halogens is 1. The van der Waals surface area contributed by atoms with Gasteiger partial charge in [-0.05, 0) is 13.0 Å². The summed E-state index contributed by atoms with van der Waals surface area (Å²) in [7, 11) is 0. The van der Waals surface area contributed by atoms with Gasteiger partial charge in [0.15, 0.2) is 0 Å². The number of carbonyl (C=O) groups is 1. The van der Waals surface area contributed by atoms with Gasteiger partial charge < -0.3 is 10.4 Å². The standard InChI is InChI=1S/C14H14ClN3O2/c1-14(20,10-4-2-3-5-11(10)15)9-18-13(19)12-8-16-6-7-17-12/h2-8,20H,9H2,1H3,(H,18,19)/t14-/m1/s1. The zero-order chi connectivity index (χ0) is 14.6. The van der Waals surface area contributed by atoms with Crippen molar-refractivity contribution in [1.29, 1.82) is 0 Å². The van der Waals surface area contributed by atoms with E-state index in [9.17, 15) is 9.90 Å². The molecule has 0 aliphatic carbocycles. The second kappa shape index (κ2) is 5.98. The highest BCUT2D eigenvalue weighted by atomic mass is 35.5. The SMILES string of the molecule is C[C@@](O)(CNC(=O)c1cnccn1)c1ccccc1Cl. The van der Waals surface area contributed by atoms with Gasteiger partial charge in [-0.2, -0.15) is 0 Å². The lowest BCUT2D eigenvalue weighted by Crippen LogP contribution is -2.39. The van der Waals surface area contributed by atoms with Gasteiger partial charge in [-0.3, -0.25) is 9.78 Å². The highest BCUT2D eigenvalue weighted by molar-refractivity contribution is 6.31. The lowest BCUT2D eigenvalue weighted by molar-refractivity contribution is 0.0525. The van der Waals surface area contributed by atoms with Crippen molar-refractivity contribution in [2.24, 2.45) is 0 Å². The van der Waals surface area contributed by atoms with Gasteiger partial charge in [0.1, 0.15) is 11.3 Å². The van der Waals surface area contributed by atoms with Gasteiger partial charge in [0, 0.05) is 23.0 Å². The van der Waals surface area contributed by atoms with Crippen LogP contribution >= 0.6 is 11.6 Å². The quantitative estimate of drug-likeness (QED) is 0.900. The molecule has 20 heavy (non-hydrogen) atoms. The molecule has 0 fully saturated rings. The summed E-state index contributed by atoms with van der Waals surface area (Å²) in [6, 6.07) is 6.97. The van der Waals surface area contributed by atoms with E-state index in [0.29, 0.717) is 10.6 Å². The van der Waals surface area contributed by atoms with Crippen LogP contribution in [0, 0.1) is 0 Å². The third kappa shape index (κ3) is 3.31. The maximum absolute atomic E-state index is 11.8. The van der Waals surface area contributed by atoms with Gasteiger partial charge in [-0.25, -0.2) is 4.98 Å². The molecule has 0 aliphatic rings. The number of carbonyl (C=O) groups excluding carboxylic acids is 1. The average Bonchev–Trinajstić information content (AvgIpc) is 2.46. The van der Waals surface area contributed by atoms with Gasteiger partial charge in [0.05, 0.1) is 12.7 Å². The normalized spacial score (nSPS) is 13.6. The fourth-order valence-electron chi connectivity index (χ4n) is 1.75. The van der Waals surface area contributed by atoms with Crippen molar-refractivity contribution in [2.45, 2.75) is 12.5 Å². The van der Waals surface area contributed by atoms with E-state index < -0.39 is 11.5 Å². The molecule has 0 unspecified atom stereocenters. The van der Waals surface area contributed by atoms with Gasteiger partial charge in [0.2, 0.25) is 0 Å². The van der Waals surface area contributed by atoms with E-state index in [1.54, 1.807) is 31.2 Å². The second-order valence-corrected chi connectivity index (χ2v) is 4.93. The third-order valence-electron chi connectivity index (χ3n) is 2.84. The maximum atomic E-state index is 11.8. The monoisotopic (exact) mass is 291 g/mol. The molecule has 0 bridgehead atoms. The molecule has 1 atom stereocenters. The van der Waals surface area contributed by atoms with Crippen LogP contribution in [0.4, 0.5) is 0 Å². The summed E-state index contributed by atoms with van der Waals surface area (Å²) in [6.45, 7) is 1.61. The first-order valence-corrected chi connectivity index (χ1v) is 6.40. The van der Waals surface area contributed by atoms with E-state index >= 15 is 0 Å². The van der Waals surface area contributed by atoms with Gasteiger partial charge in [0.25, 0.3) is 5.91 Å². The van der Waals surface area contributed by atoms with E-state index in [2.05, 4.69) is 15.3 Å². The Morgan fingerprint density at radius 2 is 2.15 bits per heavy atom. The largest absolute Gasteiger partial charge is 0.384 e. The molecule has 104 valence electrons. The molecule has 1 amide bonds. The molecule has 0 saturated carbocycles. The zero-order valence-electron chi connectivity index (χ0n) is 10.9. The summed E-state index contributed by atoms with van der Waals surface area (Å²) >= 11 is 6.05. The minimum absolute atomic E-state index is 0.0200. The molecule has 0 spiro atoms. The average molecular weight is 292 g/mol. The van der Waals surface area contributed by atoms with E-state index in [-0.39, 0.29) is 12.2 Å². The van der Waals surface area contributed by atoms with Crippen LogP contribution in [-0.2, 0) is 5.60 Å². The molecule has 5 nitrogen and oxygen atoms in total. The number of rotatable bonds is 4. The molecule has 1 aromatic heterocycles. The maximum Gasteiger partial charge on any atom is 0.271 e. The molecule has 1 aromatic carbocycles. The summed E-state index contributed by atoms with van der Waals surface area (Å²) in [4.78, 5) is 19.6. The number of benzene rings is 1. The van der Waals surface area contributed by atoms with E-state index in [4.69, 9.17) is 11.6 Å². The lowest BCUT2D eigenvalue weighted by atomic mass is 9.96. The Balaban J connectivity index is 2.07. The summed E-state index contributed by atoms with van der Waals surface area (Å²) < 4.78 is 0. The van der Waals surface area contributed by atoms with Crippen molar-refractivity contribution >= 4 is 17.5 Å². The van der Waals surface area contributed by atoms with Crippen molar-refractivity contribution < 1.29 is 9.90 Å². The van der Waals surface area contributed by atoms with Crippen molar-refractivity contribution in [3.8, 4) is 0 Å². The number of hydrogen-bond acceptors (Lipinski definition) is 4. The molecule has 2 N–H and O–H groups in total. The highest BCUT2D eigenvalue weighted by Crippen LogP contribution is 2.27. The van der Waals surface area contributed by atoms with Crippen LogP contribution in [0.2, 0.25) is 5.02 Å². The minimum Gasteiger partial charge on any atom is -0.384 e. The van der Waals surface area contributed by atoms with Gasteiger partial charge in [-0.1, -0.05) is 29.8 Å². The van der Waals surface area contributed by atoms with Crippen LogP contribution in [0.25, 0.3) is 0 Å². The Kier molecular flexibility index (Phi) is 4.32. The Hall–Kier alpha value is -1.98. The summed E-state index contributed by atoms with van der Waals surface area (Å²) in [5.74, 6) is -0.398. The summed E-state index contributed by atoms with van der Waals surface area (Å²) in [5, 5.41) is 13.5. The molecule has 1 heterocycles. The van der Waals surface area contributed by atoms with Crippen LogP contribution in [0.1, 0.15) is 23.0 Å². The Labute approximate surface area is 121 Å². The first-order valence-electron chi connectivity index (χ1n) is 6.02. The zero-order valence-corrected chi connectivity index (χ0v) is 11.6. The molecule has 2 aromatic rings. The summed E-state index contributed by atoms with van der Waals surface area (Å²) in [5.41, 5.74) is -0.514. The molecular weight excluding hydrogens is 278 g/mol. The minimum atomic E-state index is -1.27. The van der Waals surface area contributed by atoms with Gasteiger partial charge >= 0.3 is 0 Å². The van der Waals surface area contributed by atoms with E-state index in [1.165, 1.54) is 18.6 Å². The van der Waals surface area contributed by atoms with Crippen LogP contribution < -0.4 is 5.32 Å². The fourth-order valence-corrected chi connectivity index (χ4v) is 2.09. The fraction of sp³-hybridized carbons (Fsp3) is 0.214. The Morgan fingerprint density at radius 3 is 2.80 bits per heavy atom. The van der Waals surface area contributed by atoms with Gasteiger partial charge in [-0.15, -0.1) is 0 Å². The number of aliphatic hydroxyl groups is 1. The number of hydrogen-bond donors (Lipinski definition) is 2. The number of aromatic nitrogens is 2. The van der Waals surface area contributed by atoms with Crippen LogP contribution in [0.5, 0.6) is 0 Å². The lowest BCUT2D eigenvalue weighted by Gasteiger charge is -2.25. The number of amides is 1. The topological polar surface area (TPSA) is 75.1 Å². The van der Waals surface area contributed by atoms with Crippen LogP contribution in [0.15, 0.2) is 42.9 Å². The molecular formula is C14H14ClN3O2. The molecule has 0 aliphatic heterocycles. The molecule has 2 rings (SSSR count). The predicted molar refractivity (Wildman–Crippen MR) is 75.4 cm³/mol. The molecule has 0 saturated heterocycles. The van der Waals surface area contributed by atoms with E-state index in [0.717, 1.165) is 0 Å². The van der Waals surface area contributed by atoms with Crippen molar-refractivity contribution in [1.82, 2.24) is 15.3 Å². The third-order valence-corrected chi connectivity index (χ3v) is 3.17. The van der Waals surface area contributed by atoms with Crippen molar-refractivity contribution in [3.05, 3.63) is 59.1 Å². The van der Waals surface area contributed by atoms with Crippen molar-refractivity contribution in [3.63, 3.8) is 0 Å². The van der Waals surface area contributed by atoms with E-state index in [1.807, 2.05) is 0 Å². The Bertz CT molecular complexity index is 602.